The van der Waals surface area contributed by atoms with Crippen LogP contribution in [0.25, 0.3) is 44.8 Å². The van der Waals surface area contributed by atoms with Crippen molar-refractivity contribution in [3.8, 4) is 11.1 Å². The first-order valence-electron chi connectivity index (χ1n) is 9.63. The Morgan fingerprint density at radius 3 is 1.75 bits per heavy atom. The number of fused-ring (bicyclic) bond motifs is 2. The fourth-order valence-electron chi connectivity index (χ4n) is 3.92. The Morgan fingerprint density at radius 2 is 1.04 bits per heavy atom. The molecule has 0 aromatic heterocycles. The van der Waals surface area contributed by atoms with E-state index in [1.165, 1.54) is 43.8 Å². The molecule has 0 amide bonds. The molecule has 0 aliphatic rings. The Kier molecular flexibility index (Phi) is 4.23. The van der Waals surface area contributed by atoms with Gasteiger partial charge in [0.25, 0.3) is 0 Å². The lowest BCUT2D eigenvalue weighted by molar-refractivity contribution is 1.63. The summed E-state index contributed by atoms with van der Waals surface area (Å²) in [7, 11) is 0. The van der Waals surface area contributed by atoms with Crippen molar-refractivity contribution in [1.29, 1.82) is 0 Å². The van der Waals surface area contributed by atoms with Gasteiger partial charge in [0.1, 0.15) is 0 Å². The van der Waals surface area contributed by atoms with Crippen molar-refractivity contribution in [3.63, 3.8) is 0 Å². The Hall–Kier alpha value is -3.64. The van der Waals surface area contributed by atoms with E-state index in [-0.39, 0.29) is 0 Å². The molecule has 5 aromatic rings. The molecule has 5 rings (SSSR count). The van der Waals surface area contributed by atoms with Gasteiger partial charge in [-0.15, -0.1) is 0 Å². The van der Waals surface area contributed by atoms with Gasteiger partial charge in [-0.2, -0.15) is 0 Å². The molecule has 0 heteroatoms. The predicted octanol–water partition coefficient (Wildman–Crippen LogP) is 7.83. The smallest absolute Gasteiger partial charge is 0.00208 e. The average molecular weight is 356 g/mol. The zero-order valence-corrected chi connectivity index (χ0v) is 15.5. The Morgan fingerprint density at radius 1 is 0.464 bits per heavy atom. The highest BCUT2D eigenvalue weighted by Gasteiger charge is 2.11. The van der Waals surface area contributed by atoms with Crippen LogP contribution in [0.2, 0.25) is 0 Å². The minimum Gasteiger partial charge on any atom is -0.0622 e. The lowest BCUT2D eigenvalue weighted by Gasteiger charge is -2.14. The molecule has 0 nitrogen and oxygen atoms in total. The molecule has 0 radical (unpaired) electrons. The molecule has 0 saturated heterocycles. The van der Waals surface area contributed by atoms with Gasteiger partial charge in [0.15, 0.2) is 0 Å². The largest absolute Gasteiger partial charge is 0.0622 e. The number of benzene rings is 5. The zero-order chi connectivity index (χ0) is 18.8. The van der Waals surface area contributed by atoms with Crippen LogP contribution in [-0.4, -0.2) is 0 Å². The zero-order valence-electron chi connectivity index (χ0n) is 15.5. The number of hydrogen-bond acceptors (Lipinski definition) is 0. The molecular formula is C28H20. The van der Waals surface area contributed by atoms with Crippen LogP contribution in [0.5, 0.6) is 0 Å². The van der Waals surface area contributed by atoms with Gasteiger partial charge in [-0.25, -0.2) is 0 Å². The molecule has 0 unspecified atom stereocenters. The van der Waals surface area contributed by atoms with Crippen LogP contribution in [0.15, 0.2) is 109 Å². The van der Waals surface area contributed by atoms with E-state index in [9.17, 15) is 0 Å². The number of hydrogen-bond donors (Lipinski definition) is 0. The summed E-state index contributed by atoms with van der Waals surface area (Å²) in [4.78, 5) is 0. The first kappa shape index (κ1) is 16.5. The highest BCUT2D eigenvalue weighted by Crippen LogP contribution is 2.38. The summed E-state index contributed by atoms with van der Waals surface area (Å²) >= 11 is 0. The first-order valence-corrected chi connectivity index (χ1v) is 9.63. The maximum atomic E-state index is 2.29. The van der Waals surface area contributed by atoms with Crippen LogP contribution in [0, 0.1) is 0 Å². The van der Waals surface area contributed by atoms with Crippen molar-refractivity contribution in [2.24, 2.45) is 0 Å². The molecule has 0 N–H and O–H groups in total. The van der Waals surface area contributed by atoms with Crippen LogP contribution in [0.4, 0.5) is 0 Å². The molecule has 0 aliphatic carbocycles. The van der Waals surface area contributed by atoms with Crippen LogP contribution in [0.1, 0.15) is 11.1 Å². The maximum absolute atomic E-state index is 2.29. The van der Waals surface area contributed by atoms with Gasteiger partial charge >= 0.3 is 0 Å². The summed E-state index contributed by atoms with van der Waals surface area (Å²) in [6.07, 6.45) is 4.41. The minimum absolute atomic E-state index is 1.21. The summed E-state index contributed by atoms with van der Waals surface area (Å²) in [5, 5.41) is 5.14. The minimum atomic E-state index is 1.21. The Labute approximate surface area is 165 Å². The predicted molar refractivity (Wildman–Crippen MR) is 122 cm³/mol. The molecule has 28 heavy (non-hydrogen) atoms. The van der Waals surface area contributed by atoms with Crippen molar-refractivity contribution in [3.05, 3.63) is 120 Å². The standard InChI is InChI=1S/C28H20/c1-2-10-21(11-3-1)18-19-22-12-4-7-15-25(22)28-26-16-8-5-13-23(26)20-24-14-6-9-17-27(24)28/h1-20H/b19-18+. The highest BCUT2D eigenvalue weighted by molar-refractivity contribution is 6.13. The SMILES string of the molecule is C(=C\c1ccccc1-c1c2ccccc2cc2ccccc12)/c1ccccc1. The summed E-state index contributed by atoms with van der Waals surface area (Å²) in [6.45, 7) is 0. The van der Waals surface area contributed by atoms with Gasteiger partial charge in [0.2, 0.25) is 0 Å². The van der Waals surface area contributed by atoms with Gasteiger partial charge in [-0.1, -0.05) is 115 Å². The van der Waals surface area contributed by atoms with Gasteiger partial charge in [0, 0.05) is 0 Å². The Bertz CT molecular complexity index is 1240. The van der Waals surface area contributed by atoms with E-state index in [0.717, 1.165) is 0 Å². The third kappa shape index (κ3) is 3.00. The van der Waals surface area contributed by atoms with Crippen molar-refractivity contribution in [2.45, 2.75) is 0 Å². The average Bonchev–Trinajstić information content (AvgIpc) is 2.77. The second-order valence-electron chi connectivity index (χ2n) is 7.03. The topological polar surface area (TPSA) is 0 Å². The summed E-state index contributed by atoms with van der Waals surface area (Å²) < 4.78 is 0. The van der Waals surface area contributed by atoms with E-state index in [4.69, 9.17) is 0 Å². The van der Waals surface area contributed by atoms with E-state index in [1.807, 2.05) is 6.07 Å². The van der Waals surface area contributed by atoms with E-state index in [0.29, 0.717) is 0 Å². The molecule has 0 atom stereocenters. The van der Waals surface area contributed by atoms with Gasteiger partial charge in [0.05, 0.1) is 0 Å². The fourth-order valence-corrected chi connectivity index (χ4v) is 3.92. The van der Waals surface area contributed by atoms with Crippen LogP contribution >= 0.6 is 0 Å². The maximum Gasteiger partial charge on any atom is -0.00208 e. The monoisotopic (exact) mass is 356 g/mol. The third-order valence-corrected chi connectivity index (χ3v) is 5.26. The van der Waals surface area contributed by atoms with Crippen molar-refractivity contribution in [1.82, 2.24) is 0 Å². The van der Waals surface area contributed by atoms with Crippen molar-refractivity contribution >= 4 is 33.7 Å². The Balaban J connectivity index is 1.78. The van der Waals surface area contributed by atoms with E-state index in [2.05, 4.69) is 115 Å². The van der Waals surface area contributed by atoms with Gasteiger partial charge < -0.3 is 0 Å². The quantitative estimate of drug-likeness (QED) is 0.228. The molecule has 0 spiro atoms. The first-order chi connectivity index (χ1) is 13.9. The molecule has 0 aliphatic heterocycles. The summed E-state index contributed by atoms with van der Waals surface area (Å²) in [5.41, 5.74) is 5.01. The fraction of sp³-hybridized carbons (Fsp3) is 0. The normalized spacial score (nSPS) is 11.4. The lowest BCUT2D eigenvalue weighted by Crippen LogP contribution is -1.88. The van der Waals surface area contributed by atoms with Gasteiger partial charge in [-0.05, 0) is 49.9 Å². The van der Waals surface area contributed by atoms with Crippen LogP contribution < -0.4 is 0 Å². The van der Waals surface area contributed by atoms with Crippen molar-refractivity contribution < 1.29 is 0 Å². The molecule has 0 fully saturated rings. The molecule has 5 aromatic carbocycles. The van der Waals surface area contributed by atoms with Crippen LogP contribution in [0.3, 0.4) is 0 Å². The highest BCUT2D eigenvalue weighted by atomic mass is 14.1. The molecule has 0 saturated carbocycles. The molecule has 132 valence electrons. The second-order valence-corrected chi connectivity index (χ2v) is 7.03. The van der Waals surface area contributed by atoms with Crippen LogP contribution in [-0.2, 0) is 0 Å². The number of rotatable bonds is 3. The second kappa shape index (κ2) is 7.17. The van der Waals surface area contributed by atoms with Crippen molar-refractivity contribution in [2.75, 3.05) is 0 Å². The molecule has 0 heterocycles. The van der Waals surface area contributed by atoms with Gasteiger partial charge in [-0.3, -0.25) is 0 Å². The third-order valence-electron chi connectivity index (χ3n) is 5.26. The molecular weight excluding hydrogens is 336 g/mol. The van der Waals surface area contributed by atoms with E-state index < -0.39 is 0 Å². The summed E-state index contributed by atoms with van der Waals surface area (Å²) in [6, 6.07) is 38.8. The summed E-state index contributed by atoms with van der Waals surface area (Å²) in [5.74, 6) is 0. The van der Waals surface area contributed by atoms with E-state index >= 15 is 0 Å². The van der Waals surface area contributed by atoms with E-state index in [1.54, 1.807) is 0 Å². The lowest BCUT2D eigenvalue weighted by atomic mass is 9.89. The molecule has 0 bridgehead atoms.